The molecule has 1 unspecified atom stereocenters. The Balaban J connectivity index is 2.04. The van der Waals surface area contributed by atoms with Crippen molar-refractivity contribution >= 4 is 11.0 Å². The number of rotatable bonds is 4. The highest BCUT2D eigenvalue weighted by molar-refractivity contribution is 5.77. The summed E-state index contributed by atoms with van der Waals surface area (Å²) in [6.07, 6.45) is 4.85. The Kier molecular flexibility index (Phi) is 3.31. The summed E-state index contributed by atoms with van der Waals surface area (Å²) in [5.74, 6) is 2.13. The highest BCUT2D eigenvalue weighted by atomic mass is 16.3. The monoisotopic (exact) mass is 258 g/mol. The zero-order chi connectivity index (χ0) is 13.4. The average molecular weight is 258 g/mol. The van der Waals surface area contributed by atoms with Gasteiger partial charge in [0, 0.05) is 25.5 Å². The molecule has 0 bridgehead atoms. The van der Waals surface area contributed by atoms with Crippen molar-refractivity contribution in [2.24, 2.45) is 7.05 Å². The summed E-state index contributed by atoms with van der Waals surface area (Å²) in [5.41, 5.74) is 3.51. The number of aryl methyl sites for hydroxylation is 1. The van der Waals surface area contributed by atoms with Crippen molar-refractivity contribution in [2.45, 2.75) is 44.4 Å². The van der Waals surface area contributed by atoms with Gasteiger partial charge in [0.05, 0.1) is 11.0 Å². The molecule has 1 N–H and O–H groups in total. The van der Waals surface area contributed by atoms with E-state index < -0.39 is 0 Å². The minimum absolute atomic E-state index is 0.218. The lowest BCUT2D eigenvalue weighted by Gasteiger charge is -2.24. The van der Waals surface area contributed by atoms with E-state index in [0.717, 1.165) is 11.9 Å². The van der Waals surface area contributed by atoms with Crippen molar-refractivity contribution in [3.63, 3.8) is 0 Å². The van der Waals surface area contributed by atoms with Gasteiger partial charge in [0.25, 0.3) is 0 Å². The first-order valence-electron chi connectivity index (χ1n) is 7.31. The van der Waals surface area contributed by atoms with Crippen LogP contribution in [0.2, 0.25) is 0 Å². The molecule has 2 aromatic rings. The minimum Gasteiger partial charge on any atom is -0.396 e. The standard InChI is InChI=1S/C16H22N2O/c1-3-11(10-19)13-7-8-14-15(9-13)18(2)16(17-14)12-5-4-6-12/h7-9,11-12,19H,3-6,10H2,1-2H3. The summed E-state index contributed by atoms with van der Waals surface area (Å²) in [6.45, 7) is 2.34. The van der Waals surface area contributed by atoms with Gasteiger partial charge in [-0.2, -0.15) is 0 Å². The SMILES string of the molecule is CCC(CO)c1ccc2nc(C3CCC3)n(C)c2c1. The van der Waals surface area contributed by atoms with E-state index in [4.69, 9.17) is 4.98 Å². The molecule has 1 aliphatic carbocycles. The Morgan fingerprint density at radius 1 is 1.42 bits per heavy atom. The number of aliphatic hydroxyl groups excluding tert-OH is 1. The summed E-state index contributed by atoms with van der Waals surface area (Å²) >= 11 is 0. The molecule has 102 valence electrons. The molecule has 1 atom stereocenters. The van der Waals surface area contributed by atoms with E-state index in [0.29, 0.717) is 5.92 Å². The van der Waals surface area contributed by atoms with Gasteiger partial charge in [-0.3, -0.25) is 0 Å². The molecule has 0 radical (unpaired) electrons. The maximum atomic E-state index is 9.44. The molecule has 0 aliphatic heterocycles. The van der Waals surface area contributed by atoms with Crippen LogP contribution in [0.25, 0.3) is 11.0 Å². The van der Waals surface area contributed by atoms with Crippen molar-refractivity contribution in [1.82, 2.24) is 9.55 Å². The predicted molar refractivity (Wildman–Crippen MR) is 77.4 cm³/mol. The number of hydrogen-bond donors (Lipinski definition) is 1. The number of fused-ring (bicyclic) bond motifs is 1. The molecule has 0 saturated heterocycles. The van der Waals surface area contributed by atoms with Crippen LogP contribution >= 0.6 is 0 Å². The maximum Gasteiger partial charge on any atom is 0.112 e. The number of hydrogen-bond acceptors (Lipinski definition) is 2. The fourth-order valence-electron chi connectivity index (χ4n) is 2.98. The average Bonchev–Trinajstić information content (AvgIpc) is 2.67. The molecule has 1 aliphatic rings. The molecule has 1 heterocycles. The summed E-state index contributed by atoms with van der Waals surface area (Å²) in [5, 5.41) is 9.44. The van der Waals surface area contributed by atoms with Gasteiger partial charge >= 0.3 is 0 Å². The van der Waals surface area contributed by atoms with Gasteiger partial charge in [0.1, 0.15) is 5.82 Å². The van der Waals surface area contributed by atoms with Gasteiger partial charge in [-0.25, -0.2) is 4.98 Å². The normalized spacial score (nSPS) is 17.6. The molecule has 1 fully saturated rings. The van der Waals surface area contributed by atoms with Gasteiger partial charge in [-0.1, -0.05) is 19.4 Å². The molecular formula is C16H22N2O. The van der Waals surface area contributed by atoms with Gasteiger partial charge in [0.2, 0.25) is 0 Å². The van der Waals surface area contributed by atoms with E-state index in [1.807, 2.05) is 0 Å². The van der Waals surface area contributed by atoms with E-state index in [-0.39, 0.29) is 12.5 Å². The predicted octanol–water partition coefficient (Wildman–Crippen LogP) is 3.33. The Labute approximate surface area is 114 Å². The van der Waals surface area contributed by atoms with Gasteiger partial charge < -0.3 is 9.67 Å². The van der Waals surface area contributed by atoms with Crippen LogP contribution in [-0.4, -0.2) is 21.3 Å². The summed E-state index contributed by atoms with van der Waals surface area (Å²) in [7, 11) is 2.12. The fourth-order valence-corrected chi connectivity index (χ4v) is 2.98. The first kappa shape index (κ1) is 12.7. The summed E-state index contributed by atoms with van der Waals surface area (Å²) in [6, 6.07) is 6.42. The van der Waals surface area contributed by atoms with Crippen LogP contribution in [-0.2, 0) is 7.05 Å². The molecule has 3 nitrogen and oxygen atoms in total. The van der Waals surface area contributed by atoms with Crippen LogP contribution in [0.15, 0.2) is 18.2 Å². The van der Waals surface area contributed by atoms with E-state index in [1.54, 1.807) is 0 Å². The fraction of sp³-hybridized carbons (Fsp3) is 0.562. The van der Waals surface area contributed by atoms with E-state index >= 15 is 0 Å². The molecule has 1 aromatic heterocycles. The Hall–Kier alpha value is -1.35. The van der Waals surface area contributed by atoms with Gasteiger partial charge in [0.15, 0.2) is 0 Å². The van der Waals surface area contributed by atoms with Crippen molar-refractivity contribution in [3.8, 4) is 0 Å². The first-order chi connectivity index (χ1) is 9.24. The zero-order valence-corrected chi connectivity index (χ0v) is 11.8. The molecule has 1 saturated carbocycles. The molecule has 0 spiro atoms. The number of benzene rings is 1. The Morgan fingerprint density at radius 3 is 2.79 bits per heavy atom. The minimum atomic E-state index is 0.218. The van der Waals surface area contributed by atoms with Crippen molar-refractivity contribution < 1.29 is 5.11 Å². The molecule has 1 aromatic carbocycles. The second-order valence-electron chi connectivity index (χ2n) is 5.69. The van der Waals surface area contributed by atoms with Crippen LogP contribution < -0.4 is 0 Å². The Bertz CT molecular complexity index is 580. The van der Waals surface area contributed by atoms with Crippen LogP contribution in [0.1, 0.15) is 55.8 Å². The second kappa shape index (κ2) is 4.97. The largest absolute Gasteiger partial charge is 0.396 e. The molecule has 3 rings (SSSR count). The number of aromatic nitrogens is 2. The van der Waals surface area contributed by atoms with Crippen LogP contribution in [0.5, 0.6) is 0 Å². The zero-order valence-electron chi connectivity index (χ0n) is 11.8. The van der Waals surface area contributed by atoms with Gasteiger partial charge in [-0.05, 0) is 37.0 Å². The second-order valence-corrected chi connectivity index (χ2v) is 5.69. The van der Waals surface area contributed by atoms with Crippen molar-refractivity contribution in [1.29, 1.82) is 0 Å². The van der Waals surface area contributed by atoms with Gasteiger partial charge in [-0.15, -0.1) is 0 Å². The third-order valence-corrected chi connectivity index (χ3v) is 4.59. The van der Waals surface area contributed by atoms with Crippen molar-refractivity contribution in [3.05, 3.63) is 29.6 Å². The van der Waals surface area contributed by atoms with E-state index in [9.17, 15) is 5.11 Å². The molecule has 3 heteroatoms. The maximum absolute atomic E-state index is 9.44. The highest BCUT2D eigenvalue weighted by Crippen LogP contribution is 2.37. The van der Waals surface area contributed by atoms with Crippen molar-refractivity contribution in [2.75, 3.05) is 6.61 Å². The number of imidazole rings is 1. The summed E-state index contributed by atoms with van der Waals surface area (Å²) in [4.78, 5) is 4.79. The third-order valence-electron chi connectivity index (χ3n) is 4.59. The number of nitrogens with zero attached hydrogens (tertiary/aromatic N) is 2. The van der Waals surface area contributed by atoms with E-state index in [1.165, 1.54) is 36.2 Å². The Morgan fingerprint density at radius 2 is 2.21 bits per heavy atom. The van der Waals surface area contributed by atoms with Crippen LogP contribution in [0.4, 0.5) is 0 Å². The topological polar surface area (TPSA) is 38.1 Å². The molecule has 0 amide bonds. The van der Waals surface area contributed by atoms with Crippen LogP contribution in [0.3, 0.4) is 0 Å². The lowest BCUT2D eigenvalue weighted by molar-refractivity contribution is 0.262. The highest BCUT2D eigenvalue weighted by Gasteiger charge is 2.24. The smallest absolute Gasteiger partial charge is 0.112 e. The lowest BCUT2D eigenvalue weighted by atomic mass is 9.85. The third kappa shape index (κ3) is 2.06. The lowest BCUT2D eigenvalue weighted by Crippen LogP contribution is -2.13. The molecule has 19 heavy (non-hydrogen) atoms. The quantitative estimate of drug-likeness (QED) is 0.913. The van der Waals surface area contributed by atoms with E-state index in [2.05, 4.69) is 36.7 Å². The van der Waals surface area contributed by atoms with Crippen LogP contribution in [0, 0.1) is 0 Å². The number of aliphatic hydroxyl groups is 1. The first-order valence-corrected chi connectivity index (χ1v) is 7.31. The molecular weight excluding hydrogens is 236 g/mol. The summed E-state index contributed by atoms with van der Waals surface area (Å²) < 4.78 is 2.24.